The van der Waals surface area contributed by atoms with E-state index in [0.717, 1.165) is 13.2 Å². The zero-order chi connectivity index (χ0) is 8.81. The lowest BCUT2D eigenvalue weighted by molar-refractivity contribution is -0.0163. The largest absolute Gasteiger partial charge is 0.389 e. The third kappa shape index (κ3) is 3.49. The minimum absolute atomic E-state index is 0.398. The highest BCUT2D eigenvalue weighted by Crippen LogP contribution is 1.99. The van der Waals surface area contributed by atoms with Crippen LogP contribution in [0.15, 0.2) is 0 Å². The SMILES string of the molecule is CCOCC(O)CNC1COC1. The van der Waals surface area contributed by atoms with Crippen LogP contribution in [0.5, 0.6) is 0 Å². The molecule has 0 bridgehead atoms. The van der Waals surface area contributed by atoms with Crippen LogP contribution in [0.4, 0.5) is 0 Å². The summed E-state index contributed by atoms with van der Waals surface area (Å²) in [5.41, 5.74) is 0. The summed E-state index contributed by atoms with van der Waals surface area (Å²) in [6, 6.07) is 0.432. The van der Waals surface area contributed by atoms with Gasteiger partial charge in [0.25, 0.3) is 0 Å². The molecule has 1 heterocycles. The summed E-state index contributed by atoms with van der Waals surface area (Å²) in [5, 5.41) is 12.5. The van der Waals surface area contributed by atoms with Crippen molar-refractivity contribution in [3.63, 3.8) is 0 Å². The molecular formula is C8H17NO3. The Bertz CT molecular complexity index is 117. The predicted octanol–water partition coefficient (Wildman–Crippen LogP) is -0.628. The molecule has 0 aliphatic carbocycles. The topological polar surface area (TPSA) is 50.7 Å². The van der Waals surface area contributed by atoms with Gasteiger partial charge in [-0.25, -0.2) is 0 Å². The maximum absolute atomic E-state index is 9.32. The Morgan fingerprint density at radius 1 is 1.67 bits per heavy atom. The average molecular weight is 175 g/mol. The van der Waals surface area contributed by atoms with Crippen molar-refractivity contribution in [1.82, 2.24) is 5.32 Å². The van der Waals surface area contributed by atoms with Crippen LogP contribution in [0, 0.1) is 0 Å². The molecule has 1 rings (SSSR count). The summed E-state index contributed by atoms with van der Waals surface area (Å²) in [6.07, 6.45) is -0.398. The van der Waals surface area contributed by atoms with Gasteiger partial charge in [0.2, 0.25) is 0 Å². The Hall–Kier alpha value is -0.160. The maximum atomic E-state index is 9.32. The molecule has 1 atom stereocenters. The van der Waals surface area contributed by atoms with E-state index in [1.54, 1.807) is 0 Å². The number of nitrogens with one attached hydrogen (secondary N) is 1. The molecule has 0 spiro atoms. The van der Waals surface area contributed by atoms with Crippen LogP contribution in [-0.2, 0) is 9.47 Å². The van der Waals surface area contributed by atoms with Gasteiger partial charge in [0.15, 0.2) is 0 Å². The van der Waals surface area contributed by atoms with Crippen LogP contribution in [-0.4, -0.2) is 50.2 Å². The Morgan fingerprint density at radius 3 is 2.92 bits per heavy atom. The molecule has 4 nitrogen and oxygen atoms in total. The van der Waals surface area contributed by atoms with Gasteiger partial charge in [-0.2, -0.15) is 0 Å². The van der Waals surface area contributed by atoms with Crippen LogP contribution in [0.3, 0.4) is 0 Å². The number of aliphatic hydroxyl groups excluding tert-OH is 1. The van der Waals surface area contributed by atoms with Crippen LogP contribution in [0.2, 0.25) is 0 Å². The highest BCUT2D eigenvalue weighted by Gasteiger charge is 2.18. The first-order valence-electron chi connectivity index (χ1n) is 4.40. The minimum Gasteiger partial charge on any atom is -0.389 e. The van der Waals surface area contributed by atoms with Gasteiger partial charge in [-0.05, 0) is 6.92 Å². The maximum Gasteiger partial charge on any atom is 0.0897 e. The molecule has 0 radical (unpaired) electrons. The van der Waals surface area contributed by atoms with Gasteiger partial charge in [-0.3, -0.25) is 0 Å². The van der Waals surface area contributed by atoms with E-state index in [1.165, 1.54) is 0 Å². The first-order valence-corrected chi connectivity index (χ1v) is 4.40. The van der Waals surface area contributed by atoms with Crippen molar-refractivity contribution in [3.8, 4) is 0 Å². The molecule has 0 saturated carbocycles. The molecule has 4 heteroatoms. The molecule has 1 aliphatic heterocycles. The monoisotopic (exact) mass is 175 g/mol. The lowest BCUT2D eigenvalue weighted by Gasteiger charge is -2.27. The normalized spacial score (nSPS) is 20.5. The number of ether oxygens (including phenoxy) is 2. The van der Waals surface area contributed by atoms with Crippen LogP contribution < -0.4 is 5.32 Å². The molecule has 72 valence electrons. The predicted molar refractivity (Wildman–Crippen MR) is 45.1 cm³/mol. The summed E-state index contributed by atoms with van der Waals surface area (Å²) in [7, 11) is 0. The van der Waals surface area contributed by atoms with E-state index >= 15 is 0 Å². The van der Waals surface area contributed by atoms with Gasteiger partial charge < -0.3 is 19.9 Å². The van der Waals surface area contributed by atoms with E-state index in [0.29, 0.717) is 25.8 Å². The van der Waals surface area contributed by atoms with E-state index in [9.17, 15) is 5.11 Å². The van der Waals surface area contributed by atoms with Crippen molar-refractivity contribution in [2.75, 3.05) is 33.0 Å². The molecule has 1 fully saturated rings. The van der Waals surface area contributed by atoms with Gasteiger partial charge in [-0.15, -0.1) is 0 Å². The summed E-state index contributed by atoms with van der Waals surface area (Å²) in [6.45, 7) is 5.11. The second-order valence-corrected chi connectivity index (χ2v) is 2.96. The van der Waals surface area contributed by atoms with E-state index in [4.69, 9.17) is 9.47 Å². The number of rotatable bonds is 6. The van der Waals surface area contributed by atoms with E-state index in [1.807, 2.05) is 6.92 Å². The standard InChI is InChI=1S/C8H17NO3/c1-2-11-6-8(10)3-9-7-4-12-5-7/h7-10H,2-6H2,1H3. The summed E-state index contributed by atoms with van der Waals surface area (Å²) in [4.78, 5) is 0. The van der Waals surface area contributed by atoms with Crippen LogP contribution in [0.25, 0.3) is 0 Å². The average Bonchev–Trinajstić information content (AvgIpc) is 1.98. The van der Waals surface area contributed by atoms with Crippen molar-refractivity contribution in [2.24, 2.45) is 0 Å². The highest BCUT2D eigenvalue weighted by atomic mass is 16.5. The zero-order valence-electron chi connectivity index (χ0n) is 7.45. The Balaban J connectivity index is 1.90. The zero-order valence-corrected chi connectivity index (χ0v) is 7.45. The summed E-state index contributed by atoms with van der Waals surface area (Å²) in [5.74, 6) is 0. The number of hydrogen-bond donors (Lipinski definition) is 2. The molecule has 2 N–H and O–H groups in total. The fourth-order valence-corrected chi connectivity index (χ4v) is 0.969. The number of aliphatic hydroxyl groups is 1. The molecule has 0 aromatic carbocycles. The van der Waals surface area contributed by atoms with Gasteiger partial charge in [0, 0.05) is 13.2 Å². The van der Waals surface area contributed by atoms with Crippen molar-refractivity contribution < 1.29 is 14.6 Å². The van der Waals surface area contributed by atoms with E-state index in [2.05, 4.69) is 5.32 Å². The molecule has 1 saturated heterocycles. The second kappa shape index (κ2) is 5.48. The van der Waals surface area contributed by atoms with E-state index in [-0.39, 0.29) is 0 Å². The lowest BCUT2D eigenvalue weighted by atomic mass is 10.2. The Kier molecular flexibility index (Phi) is 4.53. The Morgan fingerprint density at radius 2 is 2.42 bits per heavy atom. The van der Waals surface area contributed by atoms with Gasteiger partial charge >= 0.3 is 0 Å². The quantitative estimate of drug-likeness (QED) is 0.564. The van der Waals surface area contributed by atoms with Crippen molar-refractivity contribution in [3.05, 3.63) is 0 Å². The second-order valence-electron chi connectivity index (χ2n) is 2.96. The van der Waals surface area contributed by atoms with Crippen LogP contribution in [0.1, 0.15) is 6.92 Å². The molecule has 1 aliphatic rings. The lowest BCUT2D eigenvalue weighted by Crippen LogP contribution is -2.48. The van der Waals surface area contributed by atoms with Crippen molar-refractivity contribution in [1.29, 1.82) is 0 Å². The van der Waals surface area contributed by atoms with E-state index < -0.39 is 6.10 Å². The highest BCUT2D eigenvalue weighted by molar-refractivity contribution is 4.74. The molecule has 0 aromatic heterocycles. The molecular weight excluding hydrogens is 158 g/mol. The third-order valence-corrected chi connectivity index (χ3v) is 1.79. The first-order chi connectivity index (χ1) is 5.83. The van der Waals surface area contributed by atoms with Crippen molar-refractivity contribution in [2.45, 2.75) is 19.1 Å². The first kappa shape index (κ1) is 9.92. The molecule has 1 unspecified atom stereocenters. The Labute approximate surface area is 72.9 Å². The minimum atomic E-state index is -0.398. The fourth-order valence-electron chi connectivity index (χ4n) is 0.969. The third-order valence-electron chi connectivity index (χ3n) is 1.79. The smallest absolute Gasteiger partial charge is 0.0897 e. The summed E-state index contributed by atoms with van der Waals surface area (Å²) >= 11 is 0. The fraction of sp³-hybridized carbons (Fsp3) is 1.00. The number of hydrogen-bond acceptors (Lipinski definition) is 4. The summed E-state index contributed by atoms with van der Waals surface area (Å²) < 4.78 is 10.0. The molecule has 0 aromatic rings. The van der Waals surface area contributed by atoms with Gasteiger partial charge in [0.05, 0.1) is 32.0 Å². The van der Waals surface area contributed by atoms with Gasteiger partial charge in [0.1, 0.15) is 0 Å². The molecule has 0 amide bonds. The van der Waals surface area contributed by atoms with Crippen LogP contribution >= 0.6 is 0 Å². The molecule has 12 heavy (non-hydrogen) atoms. The van der Waals surface area contributed by atoms with Gasteiger partial charge in [-0.1, -0.05) is 0 Å². The van der Waals surface area contributed by atoms with Crippen molar-refractivity contribution >= 4 is 0 Å².